The summed E-state index contributed by atoms with van der Waals surface area (Å²) in [5.74, 6) is 0.684. The molecule has 1 aliphatic rings. The third kappa shape index (κ3) is 3.71. The molecule has 6 heteroatoms. The molecule has 2 aromatic rings. The summed E-state index contributed by atoms with van der Waals surface area (Å²) in [6.45, 7) is 6.63. The maximum Gasteiger partial charge on any atom is 0.199 e. The van der Waals surface area contributed by atoms with Crippen LogP contribution in [-0.4, -0.2) is 30.9 Å². The summed E-state index contributed by atoms with van der Waals surface area (Å²) >= 11 is 5.57. The summed E-state index contributed by atoms with van der Waals surface area (Å²) in [5, 5.41) is 14.1. The molecule has 1 aromatic heterocycles. The molecule has 1 fully saturated rings. The predicted molar refractivity (Wildman–Crippen MR) is 92.5 cm³/mol. The van der Waals surface area contributed by atoms with Gasteiger partial charge in [0.2, 0.25) is 0 Å². The quantitative estimate of drug-likeness (QED) is 0.792. The highest BCUT2D eigenvalue weighted by Gasteiger charge is 2.28. The molecule has 1 N–H and O–H groups in total. The number of hydrogen-bond donors (Lipinski definition) is 1. The van der Waals surface area contributed by atoms with Crippen molar-refractivity contribution in [3.8, 4) is 0 Å². The smallest absolute Gasteiger partial charge is 0.199 e. The van der Waals surface area contributed by atoms with E-state index in [1.165, 1.54) is 11.1 Å². The molecular weight excluding hydrogens is 308 g/mol. The minimum absolute atomic E-state index is 0.0584. The molecule has 124 valence electrons. The molecule has 0 saturated heterocycles. The zero-order valence-corrected chi connectivity index (χ0v) is 14.6. The number of aliphatic hydroxyl groups excluding tert-OH is 1. The fraction of sp³-hybridized carbons (Fsp3) is 0.529. The Kier molecular flexibility index (Phi) is 4.94. The fourth-order valence-electron chi connectivity index (χ4n) is 2.88. The van der Waals surface area contributed by atoms with Crippen molar-refractivity contribution in [2.24, 2.45) is 0 Å². The number of aliphatic hydroxyl groups is 1. The lowest BCUT2D eigenvalue weighted by Crippen LogP contribution is -2.26. The highest BCUT2D eigenvalue weighted by Crippen LogP contribution is 2.36. The van der Waals surface area contributed by atoms with Crippen LogP contribution in [0.15, 0.2) is 24.3 Å². The largest absolute Gasteiger partial charge is 0.388 e. The molecule has 3 rings (SSSR count). The van der Waals surface area contributed by atoms with Crippen LogP contribution in [0.25, 0.3) is 0 Å². The van der Waals surface area contributed by atoms with Crippen LogP contribution < -0.4 is 0 Å². The van der Waals surface area contributed by atoms with Gasteiger partial charge >= 0.3 is 0 Å². The average Bonchev–Trinajstić information content (AvgIpc) is 3.32. The Morgan fingerprint density at radius 1 is 1.39 bits per heavy atom. The van der Waals surface area contributed by atoms with Gasteiger partial charge in [-0.1, -0.05) is 36.8 Å². The van der Waals surface area contributed by atoms with Crippen LogP contribution >= 0.6 is 12.2 Å². The number of aromatic nitrogens is 3. The molecule has 1 saturated carbocycles. The molecule has 5 nitrogen and oxygen atoms in total. The first-order chi connectivity index (χ1) is 11.1. The van der Waals surface area contributed by atoms with Gasteiger partial charge in [0.1, 0.15) is 6.61 Å². The predicted octanol–water partition coefficient (Wildman–Crippen LogP) is 3.03. The van der Waals surface area contributed by atoms with Crippen molar-refractivity contribution in [1.82, 2.24) is 19.2 Å². The van der Waals surface area contributed by atoms with Crippen LogP contribution in [0.5, 0.6) is 0 Å². The maximum atomic E-state index is 9.53. The third-order valence-corrected chi connectivity index (χ3v) is 4.67. The fourth-order valence-corrected chi connectivity index (χ4v) is 3.24. The van der Waals surface area contributed by atoms with E-state index in [0.717, 1.165) is 30.7 Å². The van der Waals surface area contributed by atoms with Gasteiger partial charge in [0.25, 0.3) is 0 Å². The van der Waals surface area contributed by atoms with Crippen LogP contribution in [0.1, 0.15) is 42.8 Å². The van der Waals surface area contributed by atoms with Gasteiger partial charge in [-0.2, -0.15) is 5.10 Å². The van der Waals surface area contributed by atoms with E-state index in [0.29, 0.717) is 18.5 Å². The molecule has 0 atom stereocenters. The average molecular weight is 332 g/mol. The van der Waals surface area contributed by atoms with E-state index in [-0.39, 0.29) is 6.61 Å². The van der Waals surface area contributed by atoms with E-state index in [9.17, 15) is 5.11 Å². The number of nitrogens with zero attached hydrogens (tertiary/aromatic N) is 4. The molecule has 0 amide bonds. The van der Waals surface area contributed by atoms with E-state index in [1.807, 2.05) is 9.25 Å². The zero-order chi connectivity index (χ0) is 16.4. The first-order valence-electron chi connectivity index (χ1n) is 8.19. The summed E-state index contributed by atoms with van der Waals surface area (Å²) in [4.78, 5) is 2.30. The van der Waals surface area contributed by atoms with Crippen molar-refractivity contribution >= 4 is 12.2 Å². The number of hydrogen-bond acceptors (Lipinski definition) is 4. The van der Waals surface area contributed by atoms with Crippen molar-refractivity contribution in [3.05, 3.63) is 46.0 Å². The Morgan fingerprint density at radius 2 is 2.17 bits per heavy atom. The van der Waals surface area contributed by atoms with Gasteiger partial charge in [-0.15, -0.1) is 0 Å². The molecule has 0 radical (unpaired) electrons. The first-order valence-corrected chi connectivity index (χ1v) is 8.60. The molecule has 1 heterocycles. The van der Waals surface area contributed by atoms with Gasteiger partial charge < -0.3 is 5.11 Å². The van der Waals surface area contributed by atoms with E-state index in [4.69, 9.17) is 12.2 Å². The van der Waals surface area contributed by atoms with E-state index in [2.05, 4.69) is 48.1 Å². The highest BCUT2D eigenvalue weighted by molar-refractivity contribution is 7.71. The maximum absolute atomic E-state index is 9.53. The molecule has 0 aliphatic heterocycles. The Bertz CT molecular complexity index is 732. The van der Waals surface area contributed by atoms with Crippen molar-refractivity contribution in [1.29, 1.82) is 0 Å². The zero-order valence-electron chi connectivity index (χ0n) is 13.8. The Morgan fingerprint density at radius 3 is 2.78 bits per heavy atom. The number of aryl methyl sites for hydroxylation is 1. The van der Waals surface area contributed by atoms with Crippen LogP contribution in [0.4, 0.5) is 0 Å². The van der Waals surface area contributed by atoms with Gasteiger partial charge in [0, 0.05) is 12.6 Å². The second-order valence-electron chi connectivity index (χ2n) is 6.23. The third-order valence-electron chi connectivity index (χ3n) is 4.26. The van der Waals surface area contributed by atoms with Crippen molar-refractivity contribution in [2.45, 2.75) is 52.6 Å². The summed E-state index contributed by atoms with van der Waals surface area (Å²) < 4.78 is 4.59. The number of rotatable bonds is 7. The van der Waals surface area contributed by atoms with Gasteiger partial charge in [0.15, 0.2) is 10.6 Å². The molecule has 0 spiro atoms. The standard InChI is InChI=1S/C17H24N4OS/c1-3-19(10-14-6-4-5-13(2)9-14)12-20-17(23)21(15-7-8-15)16(11-22)18-20/h4-6,9,15,22H,3,7-8,10-12H2,1-2H3. The van der Waals surface area contributed by atoms with E-state index < -0.39 is 0 Å². The Labute approximate surface area is 142 Å². The minimum atomic E-state index is -0.0584. The van der Waals surface area contributed by atoms with Gasteiger partial charge in [0.05, 0.1) is 6.67 Å². The van der Waals surface area contributed by atoms with Gasteiger partial charge in [-0.25, -0.2) is 4.68 Å². The number of benzene rings is 1. The van der Waals surface area contributed by atoms with Crippen molar-refractivity contribution < 1.29 is 5.11 Å². The summed E-state index contributed by atoms with van der Waals surface area (Å²) in [5.41, 5.74) is 2.57. The van der Waals surface area contributed by atoms with Crippen LogP contribution in [0.2, 0.25) is 0 Å². The summed E-state index contributed by atoms with van der Waals surface area (Å²) in [7, 11) is 0. The monoisotopic (exact) mass is 332 g/mol. The van der Waals surface area contributed by atoms with Crippen LogP contribution in [0.3, 0.4) is 0 Å². The van der Waals surface area contributed by atoms with E-state index in [1.54, 1.807) is 0 Å². The second kappa shape index (κ2) is 6.95. The first kappa shape index (κ1) is 16.4. The second-order valence-corrected chi connectivity index (χ2v) is 6.60. The lowest BCUT2D eigenvalue weighted by atomic mass is 10.1. The molecular formula is C17H24N4OS. The Hall–Kier alpha value is -1.50. The van der Waals surface area contributed by atoms with Gasteiger partial charge in [-0.05, 0) is 44.1 Å². The summed E-state index contributed by atoms with van der Waals surface area (Å²) in [6, 6.07) is 9.00. The summed E-state index contributed by atoms with van der Waals surface area (Å²) in [6.07, 6.45) is 2.27. The van der Waals surface area contributed by atoms with Crippen LogP contribution in [-0.2, 0) is 19.8 Å². The van der Waals surface area contributed by atoms with E-state index >= 15 is 0 Å². The normalized spacial score (nSPS) is 14.6. The lowest BCUT2D eigenvalue weighted by Gasteiger charge is -2.20. The molecule has 0 unspecified atom stereocenters. The van der Waals surface area contributed by atoms with Crippen molar-refractivity contribution in [3.63, 3.8) is 0 Å². The molecule has 1 aliphatic carbocycles. The Balaban J connectivity index is 1.78. The lowest BCUT2D eigenvalue weighted by molar-refractivity contribution is 0.205. The highest BCUT2D eigenvalue weighted by atomic mass is 32.1. The topological polar surface area (TPSA) is 46.2 Å². The molecule has 1 aromatic carbocycles. The van der Waals surface area contributed by atoms with Gasteiger partial charge in [-0.3, -0.25) is 9.47 Å². The van der Waals surface area contributed by atoms with Crippen LogP contribution in [0, 0.1) is 11.7 Å². The minimum Gasteiger partial charge on any atom is -0.388 e. The molecule has 23 heavy (non-hydrogen) atoms. The molecule has 0 bridgehead atoms. The van der Waals surface area contributed by atoms with Crippen molar-refractivity contribution in [2.75, 3.05) is 6.54 Å². The SMILES string of the molecule is CCN(Cc1cccc(C)c1)Cn1nc(CO)n(C2CC2)c1=S.